The number of carbonyl (C=O) groups is 5. The lowest BCUT2D eigenvalue weighted by Crippen LogP contribution is -1.96. The summed E-state index contributed by atoms with van der Waals surface area (Å²) in [7, 11) is 0. The SMILES string of the molecule is C=CC(=C)C(C)=O.O=C1OC(=O)c2cc(C#Cc3ccc4c(c3)C(=O)OC4=O)ccc21. The Labute approximate surface area is 177 Å². The smallest absolute Gasteiger partial charge is 0.346 e. The molecule has 0 fully saturated rings. The summed E-state index contributed by atoms with van der Waals surface area (Å²) < 4.78 is 9.02. The minimum absolute atomic E-state index is 0.0185. The van der Waals surface area contributed by atoms with Crippen molar-refractivity contribution in [1.82, 2.24) is 0 Å². The second kappa shape index (κ2) is 8.43. The van der Waals surface area contributed by atoms with Crippen LogP contribution < -0.4 is 0 Å². The Balaban J connectivity index is 0.000000339. The van der Waals surface area contributed by atoms with Crippen molar-refractivity contribution >= 4 is 29.7 Å². The van der Waals surface area contributed by atoms with Gasteiger partial charge >= 0.3 is 23.9 Å². The number of ketones is 1. The van der Waals surface area contributed by atoms with E-state index in [1.807, 2.05) is 0 Å². The average Bonchev–Trinajstić information content (AvgIpc) is 3.20. The van der Waals surface area contributed by atoms with Gasteiger partial charge in [-0.2, -0.15) is 0 Å². The molecular formula is C24H14O7. The number of carbonyl (C=O) groups excluding carboxylic acids is 5. The van der Waals surface area contributed by atoms with Gasteiger partial charge in [0.05, 0.1) is 22.3 Å². The van der Waals surface area contributed by atoms with Crippen molar-refractivity contribution in [3.8, 4) is 11.8 Å². The molecule has 0 radical (unpaired) electrons. The summed E-state index contributed by atoms with van der Waals surface area (Å²) in [6.07, 6.45) is 1.45. The molecule has 0 aliphatic carbocycles. The minimum atomic E-state index is -0.697. The van der Waals surface area contributed by atoms with Gasteiger partial charge < -0.3 is 9.47 Å². The Morgan fingerprint density at radius 2 is 1.16 bits per heavy atom. The average molecular weight is 414 g/mol. The maximum atomic E-state index is 11.5. The van der Waals surface area contributed by atoms with E-state index < -0.39 is 23.9 Å². The van der Waals surface area contributed by atoms with Gasteiger partial charge in [-0.05, 0) is 43.3 Å². The van der Waals surface area contributed by atoms with Gasteiger partial charge in [-0.15, -0.1) is 0 Å². The lowest BCUT2D eigenvalue weighted by atomic mass is 10.0. The fraction of sp³-hybridized carbons (Fsp3) is 0.0417. The van der Waals surface area contributed by atoms with E-state index >= 15 is 0 Å². The number of hydrogen-bond donors (Lipinski definition) is 0. The third kappa shape index (κ3) is 4.38. The van der Waals surface area contributed by atoms with E-state index in [4.69, 9.17) is 0 Å². The van der Waals surface area contributed by atoms with Gasteiger partial charge in [0, 0.05) is 16.7 Å². The van der Waals surface area contributed by atoms with Gasteiger partial charge in [0.15, 0.2) is 5.78 Å². The molecule has 0 aromatic heterocycles. The first-order valence-electron chi connectivity index (χ1n) is 8.86. The lowest BCUT2D eigenvalue weighted by molar-refractivity contribution is -0.113. The van der Waals surface area contributed by atoms with Crippen LogP contribution in [0.4, 0.5) is 0 Å². The molecule has 0 unspecified atom stereocenters. The number of rotatable bonds is 2. The molecule has 0 saturated carbocycles. The summed E-state index contributed by atoms with van der Waals surface area (Å²) in [6, 6.07) is 9.09. The van der Waals surface area contributed by atoms with Crippen LogP contribution in [-0.2, 0) is 14.3 Å². The van der Waals surface area contributed by atoms with E-state index in [9.17, 15) is 24.0 Å². The van der Waals surface area contributed by atoms with Crippen LogP contribution in [0.15, 0.2) is 61.2 Å². The topological polar surface area (TPSA) is 104 Å². The molecule has 0 atom stereocenters. The maximum absolute atomic E-state index is 11.5. The first-order chi connectivity index (χ1) is 14.7. The monoisotopic (exact) mass is 414 g/mol. The Morgan fingerprint density at radius 1 is 0.774 bits per heavy atom. The van der Waals surface area contributed by atoms with E-state index in [1.165, 1.54) is 37.3 Å². The predicted molar refractivity (Wildman–Crippen MR) is 108 cm³/mol. The maximum Gasteiger partial charge on any atom is 0.346 e. The first kappa shape index (κ1) is 21.1. The molecular weight excluding hydrogens is 400 g/mol. The summed E-state index contributed by atoms with van der Waals surface area (Å²) in [6.45, 7) is 8.23. The standard InChI is InChI=1S/C18H6O6.C6H8O/c19-15-11-5-3-9(7-13(11)17(21)23-15)1-2-10-4-6-12-14(8-10)18(22)24-16(12)20;1-4-5(2)6(3)7/h3-8H;4H,1-2H2,3H3. The second-order valence-electron chi connectivity index (χ2n) is 6.41. The number of allylic oxidation sites excluding steroid dienone is 2. The first-order valence-corrected chi connectivity index (χ1v) is 8.86. The molecule has 31 heavy (non-hydrogen) atoms. The Bertz CT molecular complexity index is 1190. The molecule has 4 rings (SSSR count). The van der Waals surface area contributed by atoms with Crippen LogP contribution in [0.1, 0.15) is 59.5 Å². The van der Waals surface area contributed by atoms with Gasteiger partial charge in [0.2, 0.25) is 0 Å². The predicted octanol–water partition coefficient (Wildman–Crippen LogP) is 3.03. The Kier molecular flexibility index (Phi) is 5.75. The van der Waals surface area contributed by atoms with Crippen LogP contribution in [0.3, 0.4) is 0 Å². The van der Waals surface area contributed by atoms with Crippen molar-refractivity contribution < 1.29 is 33.4 Å². The molecule has 2 aliphatic rings. The zero-order valence-corrected chi connectivity index (χ0v) is 16.3. The van der Waals surface area contributed by atoms with Crippen LogP contribution in [0, 0.1) is 11.8 Å². The fourth-order valence-electron chi connectivity index (χ4n) is 2.61. The number of Topliss-reactive ketones (excluding diaryl/α,β-unsaturated/α-hetero) is 1. The molecule has 7 nitrogen and oxygen atoms in total. The lowest BCUT2D eigenvalue weighted by Gasteiger charge is -1.95. The van der Waals surface area contributed by atoms with Gasteiger partial charge in [-0.3, -0.25) is 4.79 Å². The van der Waals surface area contributed by atoms with Crippen LogP contribution >= 0.6 is 0 Å². The van der Waals surface area contributed by atoms with E-state index in [2.05, 4.69) is 34.5 Å². The third-order valence-electron chi connectivity index (χ3n) is 4.34. The molecule has 0 bridgehead atoms. The quantitative estimate of drug-likeness (QED) is 0.245. The summed E-state index contributed by atoms with van der Waals surface area (Å²) in [5.41, 5.74) is 2.28. The van der Waals surface area contributed by atoms with E-state index in [-0.39, 0.29) is 28.0 Å². The molecule has 0 N–H and O–H groups in total. The fourth-order valence-corrected chi connectivity index (χ4v) is 2.61. The third-order valence-corrected chi connectivity index (χ3v) is 4.34. The van der Waals surface area contributed by atoms with E-state index in [1.54, 1.807) is 12.1 Å². The highest BCUT2D eigenvalue weighted by Crippen LogP contribution is 2.22. The summed E-state index contributed by atoms with van der Waals surface area (Å²) >= 11 is 0. The Morgan fingerprint density at radius 3 is 1.48 bits per heavy atom. The zero-order valence-electron chi connectivity index (χ0n) is 16.3. The van der Waals surface area contributed by atoms with Crippen LogP contribution in [0.5, 0.6) is 0 Å². The van der Waals surface area contributed by atoms with Crippen molar-refractivity contribution in [1.29, 1.82) is 0 Å². The molecule has 0 spiro atoms. The number of cyclic esters (lactones) is 4. The van der Waals surface area contributed by atoms with Crippen LogP contribution in [0.2, 0.25) is 0 Å². The second-order valence-corrected chi connectivity index (χ2v) is 6.41. The molecule has 7 heteroatoms. The van der Waals surface area contributed by atoms with Gasteiger partial charge in [0.25, 0.3) is 0 Å². The molecule has 2 heterocycles. The van der Waals surface area contributed by atoms with E-state index in [0.717, 1.165) is 0 Å². The van der Waals surface area contributed by atoms with Crippen molar-refractivity contribution in [3.63, 3.8) is 0 Å². The highest BCUT2D eigenvalue weighted by atomic mass is 16.6. The zero-order chi connectivity index (χ0) is 22.7. The van der Waals surface area contributed by atoms with Crippen molar-refractivity contribution in [2.75, 3.05) is 0 Å². The molecule has 0 saturated heterocycles. The summed E-state index contributed by atoms with van der Waals surface area (Å²) in [5, 5.41) is 0. The summed E-state index contributed by atoms with van der Waals surface area (Å²) in [4.78, 5) is 56.0. The molecule has 0 amide bonds. The van der Waals surface area contributed by atoms with Crippen LogP contribution in [0.25, 0.3) is 0 Å². The molecule has 2 aromatic rings. The number of benzene rings is 2. The number of fused-ring (bicyclic) bond motifs is 2. The van der Waals surface area contributed by atoms with E-state index in [0.29, 0.717) is 16.7 Å². The largest absolute Gasteiger partial charge is 0.386 e. The molecule has 2 aliphatic heterocycles. The van der Waals surface area contributed by atoms with Crippen molar-refractivity contribution in [2.24, 2.45) is 0 Å². The van der Waals surface area contributed by atoms with Crippen LogP contribution in [-0.4, -0.2) is 29.7 Å². The summed E-state index contributed by atoms with van der Waals surface area (Å²) in [5.74, 6) is 2.92. The van der Waals surface area contributed by atoms with Gasteiger partial charge in [-0.25, -0.2) is 19.2 Å². The minimum Gasteiger partial charge on any atom is -0.386 e. The Hall–Kier alpha value is -4.57. The van der Waals surface area contributed by atoms with Crippen molar-refractivity contribution in [3.05, 3.63) is 94.6 Å². The number of ether oxygens (including phenoxy) is 2. The highest BCUT2D eigenvalue weighted by molar-refractivity contribution is 6.15. The molecule has 152 valence electrons. The highest BCUT2D eigenvalue weighted by Gasteiger charge is 2.30. The number of hydrogen-bond acceptors (Lipinski definition) is 7. The van der Waals surface area contributed by atoms with Gasteiger partial charge in [-0.1, -0.05) is 31.1 Å². The number of esters is 4. The van der Waals surface area contributed by atoms with Crippen molar-refractivity contribution in [2.45, 2.75) is 6.92 Å². The van der Waals surface area contributed by atoms with Gasteiger partial charge in [0.1, 0.15) is 0 Å². The normalized spacial score (nSPS) is 12.9. The molecule has 2 aromatic carbocycles.